The van der Waals surface area contributed by atoms with Crippen LogP contribution >= 0.6 is 0 Å². The molecule has 4 N–H and O–H groups in total. The van der Waals surface area contributed by atoms with Gasteiger partial charge in [0.15, 0.2) is 0 Å². The Morgan fingerprint density at radius 3 is 2.06 bits per heavy atom. The predicted molar refractivity (Wildman–Crippen MR) is 128 cm³/mol. The number of rotatable bonds is 11. The number of carbonyl (C=O) groups is 2. The largest absolute Gasteiger partial charge is 0.366 e. The van der Waals surface area contributed by atoms with Gasteiger partial charge in [0, 0.05) is 11.3 Å². The highest BCUT2D eigenvalue weighted by atomic mass is 16.2. The maximum absolute atomic E-state index is 12.8. The predicted octanol–water partition coefficient (Wildman–Crippen LogP) is 6.38. The van der Waals surface area contributed by atoms with Gasteiger partial charge in [-0.05, 0) is 53.6 Å². The molecule has 3 amide bonds. The van der Waals surface area contributed by atoms with E-state index in [4.69, 9.17) is 5.73 Å². The number of carbonyl (C=O) groups excluding carboxylic acids is 2. The molecule has 2 rings (SSSR count). The van der Waals surface area contributed by atoms with Crippen LogP contribution in [0.5, 0.6) is 0 Å². The molecule has 0 aliphatic heterocycles. The third kappa shape index (κ3) is 7.74. The van der Waals surface area contributed by atoms with E-state index in [-0.39, 0.29) is 12.1 Å². The van der Waals surface area contributed by atoms with Gasteiger partial charge in [-0.15, -0.1) is 0 Å². The van der Waals surface area contributed by atoms with E-state index >= 15 is 0 Å². The van der Waals surface area contributed by atoms with E-state index in [2.05, 4.69) is 38.3 Å². The molecule has 0 radical (unpaired) electrons. The summed E-state index contributed by atoms with van der Waals surface area (Å²) < 4.78 is 0. The number of hydrogen-bond donors (Lipinski definition) is 3. The monoisotopic (exact) mass is 423 g/mol. The van der Waals surface area contributed by atoms with Crippen molar-refractivity contribution in [2.75, 3.05) is 5.32 Å². The van der Waals surface area contributed by atoms with E-state index in [0.717, 1.165) is 36.9 Å². The SMILES string of the molecule is CCCCC(CC)CC(NC(=O)Nc1ccc(C(C)C)cc1)c1ccc(C(N)=O)cc1. The topological polar surface area (TPSA) is 84.2 Å². The summed E-state index contributed by atoms with van der Waals surface area (Å²) in [7, 11) is 0. The molecule has 0 fully saturated rings. The molecule has 0 heterocycles. The van der Waals surface area contributed by atoms with Crippen LogP contribution in [0.15, 0.2) is 48.5 Å². The molecule has 0 saturated heterocycles. The fourth-order valence-corrected chi connectivity index (χ4v) is 3.75. The lowest BCUT2D eigenvalue weighted by atomic mass is 9.89. The summed E-state index contributed by atoms with van der Waals surface area (Å²) in [5.41, 5.74) is 8.82. The Morgan fingerprint density at radius 1 is 0.935 bits per heavy atom. The molecule has 0 aromatic heterocycles. The second-order valence-corrected chi connectivity index (χ2v) is 8.57. The Kier molecular flexibility index (Phi) is 9.57. The lowest BCUT2D eigenvalue weighted by Crippen LogP contribution is -2.33. The zero-order valence-corrected chi connectivity index (χ0v) is 19.3. The summed E-state index contributed by atoms with van der Waals surface area (Å²) in [5, 5.41) is 6.09. The Labute approximate surface area is 186 Å². The highest BCUT2D eigenvalue weighted by Crippen LogP contribution is 2.27. The van der Waals surface area contributed by atoms with Gasteiger partial charge in [0.2, 0.25) is 5.91 Å². The van der Waals surface area contributed by atoms with Gasteiger partial charge in [-0.2, -0.15) is 0 Å². The Bertz CT molecular complexity index is 829. The van der Waals surface area contributed by atoms with Crippen molar-refractivity contribution in [3.05, 3.63) is 65.2 Å². The smallest absolute Gasteiger partial charge is 0.319 e. The van der Waals surface area contributed by atoms with Crippen molar-refractivity contribution < 1.29 is 9.59 Å². The second kappa shape index (κ2) is 12.1. The van der Waals surface area contributed by atoms with Gasteiger partial charge in [0.05, 0.1) is 6.04 Å². The highest BCUT2D eigenvalue weighted by molar-refractivity contribution is 5.93. The Morgan fingerprint density at radius 2 is 1.55 bits per heavy atom. The van der Waals surface area contributed by atoms with Crippen LogP contribution in [-0.4, -0.2) is 11.9 Å². The first-order valence-electron chi connectivity index (χ1n) is 11.4. The first-order chi connectivity index (χ1) is 14.8. The minimum atomic E-state index is -0.451. The van der Waals surface area contributed by atoms with Gasteiger partial charge in [0.1, 0.15) is 0 Å². The van der Waals surface area contributed by atoms with E-state index in [0.29, 0.717) is 17.4 Å². The van der Waals surface area contributed by atoms with E-state index in [1.807, 2.05) is 36.4 Å². The minimum absolute atomic E-state index is 0.140. The molecule has 0 bridgehead atoms. The van der Waals surface area contributed by atoms with Crippen LogP contribution in [0.2, 0.25) is 0 Å². The maximum atomic E-state index is 12.8. The van der Waals surface area contributed by atoms with Crippen LogP contribution in [0.25, 0.3) is 0 Å². The average molecular weight is 424 g/mol. The van der Waals surface area contributed by atoms with Crippen LogP contribution in [-0.2, 0) is 0 Å². The number of amides is 3. The minimum Gasteiger partial charge on any atom is -0.366 e. The van der Waals surface area contributed by atoms with E-state index in [1.54, 1.807) is 12.1 Å². The molecule has 2 aromatic rings. The van der Waals surface area contributed by atoms with Crippen LogP contribution in [0.4, 0.5) is 10.5 Å². The summed E-state index contributed by atoms with van der Waals surface area (Å²) in [6.45, 7) is 8.69. The van der Waals surface area contributed by atoms with Crippen molar-refractivity contribution in [3.63, 3.8) is 0 Å². The lowest BCUT2D eigenvalue weighted by molar-refractivity contribution is 0.1000. The van der Waals surface area contributed by atoms with Gasteiger partial charge >= 0.3 is 6.03 Å². The van der Waals surface area contributed by atoms with Gasteiger partial charge in [0.25, 0.3) is 0 Å². The number of urea groups is 1. The van der Waals surface area contributed by atoms with Gasteiger partial charge in [-0.3, -0.25) is 4.79 Å². The third-order valence-corrected chi connectivity index (χ3v) is 5.85. The molecular formula is C26H37N3O2. The molecule has 0 saturated carbocycles. The normalized spacial score (nSPS) is 12.9. The summed E-state index contributed by atoms with van der Waals surface area (Å²) in [6, 6.07) is 14.8. The fourth-order valence-electron chi connectivity index (χ4n) is 3.75. The first-order valence-corrected chi connectivity index (χ1v) is 11.4. The lowest BCUT2D eigenvalue weighted by Gasteiger charge is -2.25. The second-order valence-electron chi connectivity index (χ2n) is 8.57. The molecule has 2 unspecified atom stereocenters. The average Bonchev–Trinajstić information content (AvgIpc) is 2.76. The third-order valence-electron chi connectivity index (χ3n) is 5.85. The molecule has 5 heteroatoms. The number of unbranched alkanes of at least 4 members (excludes halogenated alkanes) is 1. The van der Waals surface area contributed by atoms with Gasteiger partial charge in [-0.25, -0.2) is 4.79 Å². The zero-order valence-electron chi connectivity index (χ0n) is 19.3. The summed E-state index contributed by atoms with van der Waals surface area (Å²) in [6.07, 6.45) is 5.40. The van der Waals surface area contributed by atoms with E-state index in [9.17, 15) is 9.59 Å². The van der Waals surface area contributed by atoms with E-state index < -0.39 is 5.91 Å². The first kappa shape index (κ1) is 24.4. The van der Waals surface area contributed by atoms with Crippen LogP contribution in [0, 0.1) is 5.92 Å². The molecule has 2 atom stereocenters. The number of hydrogen-bond acceptors (Lipinski definition) is 2. The van der Waals surface area contributed by atoms with Crippen molar-refractivity contribution >= 4 is 17.6 Å². The summed E-state index contributed by atoms with van der Waals surface area (Å²) in [4.78, 5) is 24.2. The molecule has 2 aromatic carbocycles. The van der Waals surface area contributed by atoms with Crippen molar-refractivity contribution in [1.29, 1.82) is 0 Å². The quantitative estimate of drug-likeness (QED) is 0.392. The van der Waals surface area contributed by atoms with Gasteiger partial charge < -0.3 is 16.4 Å². The van der Waals surface area contributed by atoms with Crippen LogP contribution < -0.4 is 16.4 Å². The molecule has 5 nitrogen and oxygen atoms in total. The fraction of sp³-hybridized carbons (Fsp3) is 0.462. The van der Waals surface area contributed by atoms with Crippen molar-refractivity contribution in [3.8, 4) is 0 Å². The molecule has 0 aliphatic rings. The number of benzene rings is 2. The van der Waals surface area contributed by atoms with E-state index in [1.165, 1.54) is 12.0 Å². The highest BCUT2D eigenvalue weighted by Gasteiger charge is 2.20. The molecule has 168 valence electrons. The number of anilines is 1. The summed E-state index contributed by atoms with van der Waals surface area (Å²) in [5.74, 6) is 0.518. The molecular weight excluding hydrogens is 386 g/mol. The van der Waals surface area contributed by atoms with Crippen molar-refractivity contribution in [1.82, 2.24) is 5.32 Å². The van der Waals surface area contributed by atoms with Crippen LogP contribution in [0.3, 0.4) is 0 Å². The zero-order chi connectivity index (χ0) is 22.8. The maximum Gasteiger partial charge on any atom is 0.319 e. The standard InChI is InChI=1S/C26H37N3O2/c1-5-7-8-19(6-2)17-24(21-9-11-22(12-10-21)25(27)30)29-26(31)28-23-15-13-20(14-16-23)18(3)4/h9-16,18-19,24H,5-8,17H2,1-4H3,(H2,27,30)(H2,28,29,31). The molecule has 0 aliphatic carbocycles. The van der Waals surface area contributed by atoms with Crippen molar-refractivity contribution in [2.45, 2.75) is 71.8 Å². The van der Waals surface area contributed by atoms with Gasteiger partial charge in [-0.1, -0.05) is 77.6 Å². The van der Waals surface area contributed by atoms with Crippen molar-refractivity contribution in [2.24, 2.45) is 11.7 Å². The Balaban J connectivity index is 2.14. The number of nitrogens with one attached hydrogen (secondary N) is 2. The molecule has 0 spiro atoms. The number of nitrogens with two attached hydrogens (primary N) is 1. The molecule has 31 heavy (non-hydrogen) atoms. The Hall–Kier alpha value is -2.82. The summed E-state index contributed by atoms with van der Waals surface area (Å²) >= 11 is 0. The number of primary amides is 1. The van der Waals surface area contributed by atoms with Crippen LogP contribution in [0.1, 0.15) is 93.2 Å².